The highest BCUT2D eigenvalue weighted by Crippen LogP contribution is 2.61. The summed E-state index contributed by atoms with van der Waals surface area (Å²) in [7, 11) is 0. The topological polar surface area (TPSA) is 12.0 Å². The number of anilines is 2. The molecule has 0 saturated heterocycles. The molecule has 4 saturated carbocycles. The van der Waals surface area contributed by atoms with Crippen molar-refractivity contribution < 1.29 is 0 Å². The Morgan fingerprint density at radius 2 is 1.27 bits per heavy atom. The predicted octanol–water partition coefficient (Wildman–Crippen LogP) is 9.91. The minimum Gasteiger partial charge on any atom is -0.355 e. The maximum Gasteiger partial charge on any atom is 0.0464 e. The quantitative estimate of drug-likeness (QED) is 0.384. The third-order valence-electron chi connectivity index (χ3n) is 10.9. The number of hydrogen-bond donors (Lipinski definition) is 1. The summed E-state index contributed by atoms with van der Waals surface area (Å²) in [6.07, 6.45) is 11.2. The van der Waals surface area contributed by atoms with Crippen molar-refractivity contribution in [3.05, 3.63) is 83.4 Å². The fourth-order valence-electron chi connectivity index (χ4n) is 9.13. The van der Waals surface area contributed by atoms with Crippen molar-refractivity contribution in [3.63, 3.8) is 0 Å². The molecule has 0 amide bonds. The van der Waals surface area contributed by atoms with E-state index in [2.05, 4.69) is 99.7 Å². The second-order valence-electron chi connectivity index (χ2n) is 14.5. The van der Waals surface area contributed by atoms with Crippen LogP contribution in [0.3, 0.4) is 0 Å². The number of rotatable bonds is 4. The summed E-state index contributed by atoms with van der Waals surface area (Å²) in [5.74, 6) is 2.90. The van der Waals surface area contributed by atoms with Gasteiger partial charge in [0.15, 0.2) is 0 Å². The minimum absolute atomic E-state index is 0.215. The lowest BCUT2D eigenvalue weighted by Gasteiger charge is -2.57. The third-order valence-corrected chi connectivity index (χ3v) is 10.9. The van der Waals surface area contributed by atoms with Gasteiger partial charge < -0.3 is 5.32 Å². The van der Waals surface area contributed by atoms with Crippen LogP contribution >= 0.6 is 0 Å². The summed E-state index contributed by atoms with van der Waals surface area (Å²) >= 11 is 0. The molecule has 192 valence electrons. The Bertz CT molecular complexity index is 1290. The highest BCUT2D eigenvalue weighted by Gasteiger charge is 2.51. The molecule has 0 unspecified atom stereocenters. The Balaban J connectivity index is 1.29. The average Bonchev–Trinajstić information content (AvgIpc) is 2.87. The molecule has 37 heavy (non-hydrogen) atoms. The van der Waals surface area contributed by atoms with Crippen molar-refractivity contribution in [2.75, 3.05) is 5.32 Å². The SMILES string of the molecule is CC1(C)CCC(C)(C)c2cc(Nc3ccc(C45CC6CC(CC(C6)C4)C5)cc3-c3ccccc3)ccc21. The largest absolute Gasteiger partial charge is 0.355 e. The fourth-order valence-corrected chi connectivity index (χ4v) is 9.13. The second kappa shape index (κ2) is 8.23. The highest BCUT2D eigenvalue weighted by molar-refractivity contribution is 5.82. The van der Waals surface area contributed by atoms with E-state index >= 15 is 0 Å². The smallest absolute Gasteiger partial charge is 0.0464 e. The Morgan fingerprint density at radius 1 is 0.649 bits per heavy atom. The zero-order valence-corrected chi connectivity index (χ0v) is 23.2. The molecule has 3 aromatic carbocycles. The molecule has 0 radical (unpaired) electrons. The summed E-state index contributed by atoms with van der Waals surface area (Å²) in [5, 5.41) is 3.89. The van der Waals surface area contributed by atoms with Crippen molar-refractivity contribution in [2.45, 2.75) is 95.3 Å². The highest BCUT2D eigenvalue weighted by atomic mass is 14.9. The number of nitrogens with one attached hydrogen (secondary N) is 1. The zero-order valence-electron chi connectivity index (χ0n) is 23.2. The van der Waals surface area contributed by atoms with Gasteiger partial charge in [-0.05, 0) is 132 Å². The van der Waals surface area contributed by atoms with E-state index in [0.29, 0.717) is 5.41 Å². The van der Waals surface area contributed by atoms with E-state index < -0.39 is 0 Å². The molecule has 0 atom stereocenters. The van der Waals surface area contributed by atoms with Gasteiger partial charge in [0.25, 0.3) is 0 Å². The van der Waals surface area contributed by atoms with Gasteiger partial charge in [0.05, 0.1) is 0 Å². The molecule has 5 aliphatic carbocycles. The Hall–Kier alpha value is -2.54. The van der Waals surface area contributed by atoms with Gasteiger partial charge in [-0.15, -0.1) is 0 Å². The van der Waals surface area contributed by atoms with E-state index in [4.69, 9.17) is 0 Å². The molecular weight excluding hydrogens is 446 g/mol. The molecule has 4 fully saturated rings. The van der Waals surface area contributed by atoms with Crippen molar-refractivity contribution in [2.24, 2.45) is 17.8 Å². The molecule has 8 rings (SSSR count). The van der Waals surface area contributed by atoms with Gasteiger partial charge in [0.2, 0.25) is 0 Å². The first-order valence-electron chi connectivity index (χ1n) is 14.8. The monoisotopic (exact) mass is 489 g/mol. The second-order valence-corrected chi connectivity index (χ2v) is 14.5. The van der Waals surface area contributed by atoms with Crippen molar-refractivity contribution in [1.82, 2.24) is 0 Å². The molecule has 1 heteroatoms. The van der Waals surface area contributed by atoms with E-state index in [-0.39, 0.29) is 10.8 Å². The van der Waals surface area contributed by atoms with Crippen LogP contribution in [0.5, 0.6) is 0 Å². The fraction of sp³-hybridized carbons (Fsp3) is 0.500. The first-order chi connectivity index (χ1) is 17.7. The molecule has 0 spiro atoms. The molecule has 4 bridgehead atoms. The summed E-state index contributed by atoms with van der Waals surface area (Å²) in [5.41, 5.74) is 10.6. The summed E-state index contributed by atoms with van der Waals surface area (Å²) in [4.78, 5) is 0. The number of fused-ring (bicyclic) bond motifs is 1. The lowest BCUT2D eigenvalue weighted by Crippen LogP contribution is -2.48. The maximum absolute atomic E-state index is 3.89. The van der Waals surface area contributed by atoms with Crippen molar-refractivity contribution in [1.29, 1.82) is 0 Å². The average molecular weight is 490 g/mol. The Kier molecular flexibility index (Phi) is 5.24. The van der Waals surface area contributed by atoms with Gasteiger partial charge in [-0.25, -0.2) is 0 Å². The lowest BCUT2D eigenvalue weighted by atomic mass is 9.48. The van der Waals surface area contributed by atoms with E-state index in [1.807, 2.05) is 0 Å². The van der Waals surface area contributed by atoms with Gasteiger partial charge in [0, 0.05) is 16.9 Å². The first kappa shape index (κ1) is 23.6. The van der Waals surface area contributed by atoms with Crippen molar-refractivity contribution >= 4 is 11.4 Å². The number of benzene rings is 3. The molecule has 1 N–H and O–H groups in total. The van der Waals surface area contributed by atoms with E-state index in [9.17, 15) is 0 Å². The van der Waals surface area contributed by atoms with Crippen LogP contribution < -0.4 is 5.32 Å². The van der Waals surface area contributed by atoms with Gasteiger partial charge >= 0.3 is 0 Å². The van der Waals surface area contributed by atoms with Crippen LogP contribution in [0.25, 0.3) is 11.1 Å². The van der Waals surface area contributed by atoms with Crippen LogP contribution in [0.15, 0.2) is 66.7 Å². The van der Waals surface area contributed by atoms with Crippen LogP contribution in [-0.2, 0) is 16.2 Å². The van der Waals surface area contributed by atoms with Crippen molar-refractivity contribution in [3.8, 4) is 11.1 Å². The molecule has 0 heterocycles. The molecule has 1 nitrogen and oxygen atoms in total. The van der Waals surface area contributed by atoms with Gasteiger partial charge in [-0.2, -0.15) is 0 Å². The summed E-state index contributed by atoms with van der Waals surface area (Å²) < 4.78 is 0. The molecule has 5 aliphatic rings. The van der Waals surface area contributed by atoms with Crippen LogP contribution in [0.1, 0.15) is 95.8 Å². The molecule has 0 aliphatic heterocycles. The normalized spacial score (nSPS) is 30.6. The Morgan fingerprint density at radius 3 is 1.92 bits per heavy atom. The lowest BCUT2D eigenvalue weighted by molar-refractivity contribution is -0.00516. The van der Waals surface area contributed by atoms with Gasteiger partial charge in [-0.1, -0.05) is 70.2 Å². The standard InChI is InChI=1S/C36H43N/c1-34(2)14-15-35(3,4)32-20-29(11-12-31(32)34)37-33-13-10-28(19-30(33)27-8-6-5-7-9-27)36-21-24-16-25(22-36)18-26(17-24)23-36/h5-13,19-20,24-26,37H,14-18,21-23H2,1-4H3. The maximum atomic E-state index is 3.89. The van der Waals surface area contributed by atoms with E-state index in [1.165, 1.54) is 85.0 Å². The molecular formula is C36H43N. The van der Waals surface area contributed by atoms with Crippen LogP contribution in [0, 0.1) is 17.8 Å². The molecule has 3 aromatic rings. The van der Waals surface area contributed by atoms with E-state index in [0.717, 1.165) is 17.8 Å². The summed E-state index contributed by atoms with van der Waals surface area (Å²) in [6.45, 7) is 9.65. The van der Waals surface area contributed by atoms with Crippen LogP contribution in [-0.4, -0.2) is 0 Å². The minimum atomic E-state index is 0.215. The number of hydrogen-bond acceptors (Lipinski definition) is 1. The van der Waals surface area contributed by atoms with Gasteiger partial charge in [0.1, 0.15) is 0 Å². The van der Waals surface area contributed by atoms with Crippen LogP contribution in [0.2, 0.25) is 0 Å². The van der Waals surface area contributed by atoms with Crippen LogP contribution in [0.4, 0.5) is 11.4 Å². The molecule has 0 aromatic heterocycles. The zero-order chi connectivity index (χ0) is 25.4. The predicted molar refractivity (Wildman–Crippen MR) is 157 cm³/mol. The first-order valence-corrected chi connectivity index (χ1v) is 14.8. The Labute approximate surface area is 224 Å². The summed E-state index contributed by atoms with van der Waals surface area (Å²) in [6, 6.07) is 25.6. The van der Waals surface area contributed by atoms with Gasteiger partial charge in [-0.3, -0.25) is 0 Å². The van der Waals surface area contributed by atoms with E-state index in [1.54, 1.807) is 5.56 Å². The third kappa shape index (κ3) is 3.96.